The third-order valence-corrected chi connectivity index (χ3v) is 4.65. The maximum absolute atomic E-state index is 10.7. The van der Waals surface area contributed by atoms with Crippen LogP contribution in [0.3, 0.4) is 0 Å². The summed E-state index contributed by atoms with van der Waals surface area (Å²) in [5, 5.41) is 6.94. The molecule has 5 nitrogen and oxygen atoms in total. The van der Waals surface area contributed by atoms with Crippen LogP contribution in [0.2, 0.25) is 0 Å². The summed E-state index contributed by atoms with van der Waals surface area (Å²) >= 11 is 0. The standard InChI is InChI=1S/C25H22N4O/c30-19-11-10-18-29-24(20-12-4-1-5-13-20)28-23(26-21-14-6-2-7-15-21)25(29)27-22-16-8-3-9-17-22/h1-9,11-17,26-27H,10,18H2. The Balaban J connectivity index is 1.83. The van der Waals surface area contributed by atoms with Crippen LogP contribution in [0.5, 0.6) is 0 Å². The molecule has 148 valence electrons. The summed E-state index contributed by atoms with van der Waals surface area (Å²) < 4.78 is 2.10. The Labute approximate surface area is 175 Å². The first-order chi connectivity index (χ1) is 14.8. The maximum atomic E-state index is 10.7. The zero-order valence-electron chi connectivity index (χ0n) is 16.5. The average molecular weight is 394 g/mol. The van der Waals surface area contributed by atoms with Crippen molar-refractivity contribution in [2.75, 3.05) is 10.6 Å². The molecule has 0 spiro atoms. The predicted octanol–water partition coefficient (Wildman–Crippen LogP) is 5.82. The zero-order chi connectivity index (χ0) is 20.6. The maximum Gasteiger partial charge on any atom is 0.174 e. The van der Waals surface area contributed by atoms with Crippen LogP contribution in [0.15, 0.2) is 97.1 Å². The highest BCUT2D eigenvalue weighted by Crippen LogP contribution is 2.34. The van der Waals surface area contributed by atoms with E-state index >= 15 is 0 Å². The Kier molecular flexibility index (Phi) is 6.04. The summed E-state index contributed by atoms with van der Waals surface area (Å²) in [5.41, 5.74) is 2.91. The third kappa shape index (κ3) is 4.49. The molecule has 0 radical (unpaired) electrons. The smallest absolute Gasteiger partial charge is 0.174 e. The van der Waals surface area contributed by atoms with E-state index in [9.17, 15) is 4.79 Å². The van der Waals surface area contributed by atoms with Crippen molar-refractivity contribution < 1.29 is 4.79 Å². The van der Waals surface area contributed by atoms with Gasteiger partial charge >= 0.3 is 0 Å². The van der Waals surface area contributed by atoms with E-state index in [1.165, 1.54) is 6.08 Å². The van der Waals surface area contributed by atoms with E-state index in [2.05, 4.69) is 15.2 Å². The molecule has 0 bridgehead atoms. The molecule has 0 unspecified atom stereocenters. The lowest BCUT2D eigenvalue weighted by Gasteiger charge is -2.14. The molecule has 0 saturated carbocycles. The zero-order valence-corrected chi connectivity index (χ0v) is 16.5. The van der Waals surface area contributed by atoms with Crippen LogP contribution in [0.25, 0.3) is 11.4 Å². The number of anilines is 4. The molecule has 0 aliphatic rings. The lowest BCUT2D eigenvalue weighted by atomic mass is 10.2. The summed E-state index contributed by atoms with van der Waals surface area (Å²) in [7, 11) is 0. The lowest BCUT2D eigenvalue weighted by Crippen LogP contribution is -2.06. The molecular weight excluding hydrogens is 372 g/mol. The molecular formula is C25H22N4O. The van der Waals surface area contributed by atoms with Gasteiger partial charge < -0.3 is 15.2 Å². The second-order valence-corrected chi connectivity index (χ2v) is 6.74. The van der Waals surface area contributed by atoms with Gasteiger partial charge in [-0.05, 0) is 30.7 Å². The Morgan fingerprint density at radius 2 is 1.37 bits per heavy atom. The lowest BCUT2D eigenvalue weighted by molar-refractivity contribution is 0.567. The number of carbonyl (C=O) groups excluding carboxylic acids is 1. The molecule has 5 heteroatoms. The monoisotopic (exact) mass is 394 g/mol. The Hall–Kier alpha value is -4.08. The summed E-state index contributed by atoms with van der Waals surface area (Å²) in [6.07, 6.45) is 2.07. The number of hydrogen-bond acceptors (Lipinski definition) is 4. The molecule has 0 saturated heterocycles. The van der Waals surface area contributed by atoms with Crippen LogP contribution in [0, 0.1) is 0 Å². The average Bonchev–Trinajstić information content (AvgIpc) is 3.13. The van der Waals surface area contributed by atoms with Crippen LogP contribution in [-0.4, -0.2) is 15.5 Å². The third-order valence-electron chi connectivity index (χ3n) is 4.65. The van der Waals surface area contributed by atoms with Crippen LogP contribution >= 0.6 is 0 Å². The van der Waals surface area contributed by atoms with E-state index in [1.807, 2.05) is 96.9 Å². The minimum absolute atomic E-state index is 0.563. The number of para-hydroxylation sites is 2. The van der Waals surface area contributed by atoms with Crippen LogP contribution in [0.1, 0.15) is 6.42 Å². The van der Waals surface area contributed by atoms with Crippen molar-refractivity contribution in [2.45, 2.75) is 13.0 Å². The molecule has 30 heavy (non-hydrogen) atoms. The molecule has 0 atom stereocenters. The van der Waals surface area contributed by atoms with Crippen molar-refractivity contribution in [1.29, 1.82) is 0 Å². The summed E-state index contributed by atoms with van der Waals surface area (Å²) in [6, 6.07) is 30.0. The summed E-state index contributed by atoms with van der Waals surface area (Å²) in [5.74, 6) is 4.25. The second kappa shape index (κ2) is 9.41. The fourth-order valence-corrected chi connectivity index (χ4v) is 3.26. The fourth-order valence-electron chi connectivity index (χ4n) is 3.26. The molecule has 0 aliphatic carbocycles. The van der Waals surface area contributed by atoms with E-state index in [-0.39, 0.29) is 0 Å². The van der Waals surface area contributed by atoms with Gasteiger partial charge in [-0.3, -0.25) is 0 Å². The van der Waals surface area contributed by atoms with Crippen molar-refractivity contribution in [2.24, 2.45) is 0 Å². The van der Waals surface area contributed by atoms with E-state index in [1.54, 1.807) is 0 Å². The largest absolute Gasteiger partial charge is 0.338 e. The molecule has 1 aromatic heterocycles. The first-order valence-corrected chi connectivity index (χ1v) is 9.84. The van der Waals surface area contributed by atoms with Gasteiger partial charge in [-0.1, -0.05) is 66.7 Å². The SMILES string of the molecule is O=C=CCCn1c(-c2ccccc2)nc(Nc2ccccc2)c1Nc1ccccc1. The topological polar surface area (TPSA) is 59.0 Å². The number of imidazole rings is 1. The van der Waals surface area contributed by atoms with Gasteiger partial charge in [0.25, 0.3) is 0 Å². The molecule has 4 aromatic rings. The molecule has 1 heterocycles. The fraction of sp³-hybridized carbons (Fsp3) is 0.0800. The van der Waals surface area contributed by atoms with Gasteiger partial charge in [-0.2, -0.15) is 0 Å². The predicted molar refractivity (Wildman–Crippen MR) is 122 cm³/mol. The van der Waals surface area contributed by atoms with Crippen molar-refractivity contribution in [3.63, 3.8) is 0 Å². The van der Waals surface area contributed by atoms with Gasteiger partial charge in [0.2, 0.25) is 0 Å². The highest BCUT2D eigenvalue weighted by molar-refractivity contribution is 5.77. The van der Waals surface area contributed by atoms with Crippen molar-refractivity contribution in [3.8, 4) is 11.4 Å². The minimum atomic E-state index is 0.563. The van der Waals surface area contributed by atoms with Gasteiger partial charge in [0.05, 0.1) is 0 Å². The Morgan fingerprint density at radius 3 is 1.97 bits per heavy atom. The van der Waals surface area contributed by atoms with E-state index in [4.69, 9.17) is 4.98 Å². The summed E-state index contributed by atoms with van der Waals surface area (Å²) in [6.45, 7) is 0.595. The molecule has 0 amide bonds. The van der Waals surface area contributed by atoms with Gasteiger partial charge in [0, 0.05) is 29.6 Å². The molecule has 0 fully saturated rings. The number of rotatable bonds is 8. The first-order valence-electron chi connectivity index (χ1n) is 9.84. The Bertz CT molecular complexity index is 1130. The highest BCUT2D eigenvalue weighted by atomic mass is 16.1. The molecule has 0 aliphatic heterocycles. The quantitative estimate of drug-likeness (QED) is 0.370. The molecule has 4 rings (SSSR count). The molecule has 3 aromatic carbocycles. The number of nitrogens with zero attached hydrogens (tertiary/aromatic N) is 2. The van der Waals surface area contributed by atoms with Gasteiger partial charge in [-0.25, -0.2) is 9.78 Å². The Morgan fingerprint density at radius 1 is 0.800 bits per heavy atom. The second-order valence-electron chi connectivity index (χ2n) is 6.74. The number of nitrogens with one attached hydrogen (secondary N) is 2. The van der Waals surface area contributed by atoms with E-state index in [0.717, 1.165) is 34.4 Å². The van der Waals surface area contributed by atoms with Gasteiger partial charge in [0.15, 0.2) is 11.6 Å². The molecule has 2 N–H and O–H groups in total. The summed E-state index contributed by atoms with van der Waals surface area (Å²) in [4.78, 5) is 15.7. The van der Waals surface area contributed by atoms with Crippen molar-refractivity contribution >= 4 is 29.0 Å². The number of aromatic nitrogens is 2. The number of benzene rings is 3. The number of hydrogen-bond donors (Lipinski definition) is 2. The minimum Gasteiger partial charge on any atom is -0.338 e. The van der Waals surface area contributed by atoms with Crippen molar-refractivity contribution in [3.05, 3.63) is 97.1 Å². The van der Waals surface area contributed by atoms with E-state index in [0.29, 0.717) is 13.0 Å². The normalized spacial score (nSPS) is 10.3. The van der Waals surface area contributed by atoms with Crippen molar-refractivity contribution in [1.82, 2.24) is 9.55 Å². The van der Waals surface area contributed by atoms with Crippen LogP contribution in [-0.2, 0) is 11.3 Å². The first kappa shape index (κ1) is 19.2. The van der Waals surface area contributed by atoms with E-state index < -0.39 is 0 Å². The highest BCUT2D eigenvalue weighted by Gasteiger charge is 2.19. The number of allylic oxidation sites excluding steroid dienone is 1. The van der Waals surface area contributed by atoms with Crippen LogP contribution in [0.4, 0.5) is 23.0 Å². The van der Waals surface area contributed by atoms with Gasteiger partial charge in [-0.15, -0.1) is 0 Å². The van der Waals surface area contributed by atoms with Crippen LogP contribution < -0.4 is 10.6 Å². The van der Waals surface area contributed by atoms with Gasteiger partial charge in [0.1, 0.15) is 11.8 Å².